The predicted molar refractivity (Wildman–Crippen MR) is 134 cm³/mol. The molecule has 1 atom stereocenters. The number of esters is 1. The van der Waals surface area contributed by atoms with Crippen molar-refractivity contribution in [3.63, 3.8) is 0 Å². The Kier molecular flexibility index (Phi) is 8.65. The number of methoxy groups -OCH3 is 1. The molecule has 0 aliphatic heterocycles. The molecule has 6 nitrogen and oxygen atoms in total. The summed E-state index contributed by atoms with van der Waals surface area (Å²) in [4.78, 5) is 29.5. The summed E-state index contributed by atoms with van der Waals surface area (Å²) >= 11 is 1.59. The number of aromatic nitrogens is 2. The van der Waals surface area contributed by atoms with E-state index in [1.807, 2.05) is 29.2 Å². The fraction of sp³-hybridized carbons (Fsp3) is 0.269. The standard InChI is InChI=1S/C26H28FN3O3S/c1-26(11-14-34-3,25(32)33-2)29-24(31)21-6-4-5-19(15-21)16-22(17-30-13-12-28-18-30)20-7-9-23(27)10-8-20/h4-10,12-13,15-16,18H,11,14,17H2,1-3H3,(H,29,31). The largest absolute Gasteiger partial charge is 0.467 e. The Morgan fingerprint density at radius 3 is 2.62 bits per heavy atom. The summed E-state index contributed by atoms with van der Waals surface area (Å²) in [6.07, 6.45) is 9.61. The van der Waals surface area contributed by atoms with Crippen molar-refractivity contribution < 1.29 is 18.7 Å². The van der Waals surface area contributed by atoms with Gasteiger partial charge in [0, 0.05) is 24.5 Å². The second-order valence-corrected chi connectivity index (χ2v) is 9.04. The average molecular weight is 482 g/mol. The smallest absolute Gasteiger partial charge is 0.331 e. The molecule has 0 spiro atoms. The molecule has 3 aromatic rings. The number of carbonyl (C=O) groups excluding carboxylic acids is 2. The van der Waals surface area contributed by atoms with Gasteiger partial charge in [-0.25, -0.2) is 14.2 Å². The highest BCUT2D eigenvalue weighted by molar-refractivity contribution is 7.98. The number of nitrogens with one attached hydrogen (secondary N) is 1. The fourth-order valence-electron chi connectivity index (χ4n) is 3.50. The molecule has 0 saturated heterocycles. The Morgan fingerprint density at radius 2 is 1.97 bits per heavy atom. The van der Waals surface area contributed by atoms with Crippen LogP contribution in [0.4, 0.5) is 4.39 Å². The quantitative estimate of drug-likeness (QED) is 0.336. The van der Waals surface area contributed by atoms with E-state index >= 15 is 0 Å². The molecule has 1 unspecified atom stereocenters. The first kappa shape index (κ1) is 25.2. The third-order valence-corrected chi connectivity index (χ3v) is 6.06. The van der Waals surface area contributed by atoms with Crippen LogP contribution in [0.25, 0.3) is 11.6 Å². The molecular formula is C26H28FN3O3S. The summed E-state index contributed by atoms with van der Waals surface area (Å²) in [7, 11) is 1.31. The molecule has 2 aromatic carbocycles. The minimum atomic E-state index is -1.12. The molecule has 0 radical (unpaired) electrons. The molecule has 3 rings (SSSR count). The molecule has 1 N–H and O–H groups in total. The fourth-order valence-corrected chi connectivity index (χ4v) is 4.11. The number of benzene rings is 2. The van der Waals surface area contributed by atoms with Crippen LogP contribution in [0.2, 0.25) is 0 Å². The van der Waals surface area contributed by atoms with Crippen molar-refractivity contribution in [2.24, 2.45) is 0 Å². The lowest BCUT2D eigenvalue weighted by Gasteiger charge is -2.27. The Labute approximate surface area is 203 Å². The van der Waals surface area contributed by atoms with Crippen LogP contribution in [-0.4, -0.2) is 46.1 Å². The molecule has 1 amide bonds. The highest BCUT2D eigenvalue weighted by Crippen LogP contribution is 2.22. The first-order valence-corrected chi connectivity index (χ1v) is 12.2. The first-order valence-electron chi connectivity index (χ1n) is 10.8. The van der Waals surface area contributed by atoms with E-state index in [-0.39, 0.29) is 11.7 Å². The topological polar surface area (TPSA) is 73.2 Å². The van der Waals surface area contributed by atoms with E-state index in [2.05, 4.69) is 10.3 Å². The number of amides is 1. The van der Waals surface area contributed by atoms with Crippen molar-refractivity contribution in [3.8, 4) is 0 Å². The zero-order chi connectivity index (χ0) is 24.6. The summed E-state index contributed by atoms with van der Waals surface area (Å²) < 4.78 is 20.3. The molecule has 0 aliphatic carbocycles. The minimum Gasteiger partial charge on any atom is -0.467 e. The van der Waals surface area contributed by atoms with Crippen molar-refractivity contribution in [3.05, 3.63) is 89.8 Å². The molecular weight excluding hydrogens is 453 g/mol. The second-order valence-electron chi connectivity index (χ2n) is 8.06. The Hall–Kier alpha value is -3.39. The summed E-state index contributed by atoms with van der Waals surface area (Å²) in [5.41, 5.74) is 1.89. The van der Waals surface area contributed by atoms with E-state index in [0.29, 0.717) is 24.3 Å². The van der Waals surface area contributed by atoms with E-state index in [1.165, 1.54) is 19.2 Å². The van der Waals surface area contributed by atoms with E-state index in [0.717, 1.165) is 16.7 Å². The van der Waals surface area contributed by atoms with E-state index < -0.39 is 11.5 Å². The van der Waals surface area contributed by atoms with Crippen molar-refractivity contribution in [1.29, 1.82) is 0 Å². The Bertz CT molecular complexity index is 1150. The maximum Gasteiger partial charge on any atom is 0.331 e. The number of hydrogen-bond donors (Lipinski definition) is 1. The van der Waals surface area contributed by atoms with Crippen LogP contribution in [0.5, 0.6) is 0 Å². The van der Waals surface area contributed by atoms with E-state index in [9.17, 15) is 14.0 Å². The first-order chi connectivity index (χ1) is 16.3. The van der Waals surface area contributed by atoms with Crippen molar-refractivity contribution >= 4 is 35.3 Å². The van der Waals surface area contributed by atoms with Crippen LogP contribution in [0.1, 0.15) is 34.8 Å². The van der Waals surface area contributed by atoms with Gasteiger partial charge in [-0.15, -0.1) is 0 Å². The molecule has 34 heavy (non-hydrogen) atoms. The van der Waals surface area contributed by atoms with Crippen LogP contribution >= 0.6 is 11.8 Å². The van der Waals surface area contributed by atoms with Crippen molar-refractivity contribution in [1.82, 2.24) is 14.9 Å². The summed E-state index contributed by atoms with van der Waals surface area (Å²) in [5, 5.41) is 2.85. The minimum absolute atomic E-state index is 0.306. The van der Waals surface area contributed by atoms with Crippen LogP contribution in [0, 0.1) is 5.82 Å². The third-order valence-electron chi connectivity index (χ3n) is 5.45. The van der Waals surface area contributed by atoms with Gasteiger partial charge in [0.1, 0.15) is 11.4 Å². The zero-order valence-corrected chi connectivity index (χ0v) is 20.3. The lowest BCUT2D eigenvalue weighted by Crippen LogP contribution is -2.53. The number of ether oxygens (including phenoxy) is 1. The van der Waals surface area contributed by atoms with Gasteiger partial charge < -0.3 is 14.6 Å². The molecule has 0 aliphatic rings. The van der Waals surface area contributed by atoms with Gasteiger partial charge in [0.25, 0.3) is 5.91 Å². The lowest BCUT2D eigenvalue weighted by molar-refractivity contribution is -0.147. The summed E-state index contributed by atoms with van der Waals surface area (Å²) in [5.74, 6) is -0.448. The number of rotatable bonds is 10. The number of thioether (sulfide) groups is 1. The maximum atomic E-state index is 13.5. The van der Waals surface area contributed by atoms with Gasteiger partial charge in [-0.2, -0.15) is 11.8 Å². The van der Waals surface area contributed by atoms with Gasteiger partial charge in [-0.3, -0.25) is 4.79 Å². The zero-order valence-electron chi connectivity index (χ0n) is 19.5. The summed E-state index contributed by atoms with van der Waals surface area (Å²) in [6.45, 7) is 2.20. The third kappa shape index (κ3) is 6.57. The number of allylic oxidation sites excluding steroid dienone is 1. The lowest BCUT2D eigenvalue weighted by atomic mass is 9.97. The van der Waals surface area contributed by atoms with Crippen LogP contribution < -0.4 is 5.32 Å². The molecule has 8 heteroatoms. The molecule has 0 fully saturated rings. The van der Waals surface area contributed by atoms with Gasteiger partial charge in [0.2, 0.25) is 0 Å². The molecule has 178 valence electrons. The predicted octanol–water partition coefficient (Wildman–Crippen LogP) is 4.68. The Balaban J connectivity index is 1.90. The molecule has 1 heterocycles. The van der Waals surface area contributed by atoms with Gasteiger partial charge >= 0.3 is 5.97 Å². The van der Waals surface area contributed by atoms with Crippen LogP contribution in [0.3, 0.4) is 0 Å². The molecule has 0 bridgehead atoms. The van der Waals surface area contributed by atoms with Crippen LogP contribution in [0.15, 0.2) is 67.3 Å². The van der Waals surface area contributed by atoms with Crippen molar-refractivity contribution in [2.75, 3.05) is 19.1 Å². The molecule has 1 aromatic heterocycles. The highest BCUT2D eigenvalue weighted by atomic mass is 32.2. The van der Waals surface area contributed by atoms with Crippen molar-refractivity contribution in [2.45, 2.75) is 25.4 Å². The SMILES string of the molecule is COC(=O)C(C)(CCSC)NC(=O)c1cccc(C=C(Cn2ccnc2)c2ccc(F)cc2)c1. The normalized spacial score (nSPS) is 13.2. The number of carbonyl (C=O) groups is 2. The van der Waals surface area contributed by atoms with E-state index in [1.54, 1.807) is 61.5 Å². The van der Waals surface area contributed by atoms with E-state index in [4.69, 9.17) is 4.74 Å². The highest BCUT2D eigenvalue weighted by Gasteiger charge is 2.35. The number of imidazole rings is 1. The monoisotopic (exact) mass is 481 g/mol. The maximum absolute atomic E-state index is 13.5. The molecule has 0 saturated carbocycles. The van der Waals surface area contributed by atoms with Gasteiger partial charge in [0.05, 0.1) is 13.4 Å². The number of nitrogens with zero attached hydrogens (tertiary/aromatic N) is 2. The van der Waals surface area contributed by atoms with Gasteiger partial charge in [-0.05, 0) is 72.4 Å². The second kappa shape index (κ2) is 11.7. The van der Waals surface area contributed by atoms with Gasteiger partial charge in [-0.1, -0.05) is 24.3 Å². The summed E-state index contributed by atoms with van der Waals surface area (Å²) in [6, 6.07) is 13.4. The average Bonchev–Trinajstić information content (AvgIpc) is 3.35. The number of hydrogen-bond acceptors (Lipinski definition) is 5. The Morgan fingerprint density at radius 1 is 1.21 bits per heavy atom. The van der Waals surface area contributed by atoms with Crippen LogP contribution in [-0.2, 0) is 16.1 Å². The van der Waals surface area contributed by atoms with Gasteiger partial charge in [0.15, 0.2) is 0 Å². The number of halogens is 1.